The van der Waals surface area contributed by atoms with Crippen LogP contribution in [0.5, 0.6) is 0 Å². The minimum atomic E-state index is 1.01. The van der Waals surface area contributed by atoms with E-state index in [-0.39, 0.29) is 0 Å². The third kappa shape index (κ3) is 1.24. The Morgan fingerprint density at radius 2 is 0.962 bits per heavy atom. The van der Waals surface area contributed by atoms with Gasteiger partial charge in [0.15, 0.2) is 0 Å². The molecule has 0 amide bonds. The molecule has 4 heteroatoms. The first kappa shape index (κ1) is 12.7. The topological polar surface area (TPSA) is 34.6 Å². The van der Waals surface area contributed by atoms with Crippen molar-refractivity contribution in [2.45, 2.75) is 0 Å². The molecule has 0 saturated carbocycles. The molecule has 0 saturated heterocycles. The molecule has 2 aromatic carbocycles. The number of pyridine rings is 2. The maximum Gasteiger partial charge on any atom is 0.145 e. The van der Waals surface area contributed by atoms with Crippen LogP contribution in [0.4, 0.5) is 0 Å². The van der Waals surface area contributed by atoms with Crippen molar-refractivity contribution < 1.29 is 0 Å². The Morgan fingerprint density at radius 1 is 0.500 bits per heavy atom. The smallest absolute Gasteiger partial charge is 0.145 e. The van der Waals surface area contributed by atoms with Gasteiger partial charge in [-0.15, -0.1) is 0 Å². The van der Waals surface area contributed by atoms with E-state index >= 15 is 0 Å². The van der Waals surface area contributed by atoms with E-state index in [1.165, 1.54) is 32.6 Å². The highest BCUT2D eigenvalue weighted by atomic mass is 15.1. The Morgan fingerprint density at radius 3 is 1.46 bits per heavy atom. The molecule has 0 aliphatic heterocycles. The first-order valence-corrected chi connectivity index (χ1v) is 8.70. The summed E-state index contributed by atoms with van der Waals surface area (Å²) in [5.41, 5.74) is 6.74. The molecule has 26 heavy (non-hydrogen) atoms. The second kappa shape index (κ2) is 4.11. The van der Waals surface area contributed by atoms with Crippen molar-refractivity contribution in [2.24, 2.45) is 0 Å². The lowest BCUT2D eigenvalue weighted by Gasteiger charge is -2.10. The normalized spacial score (nSPS) is 12.6. The van der Waals surface area contributed by atoms with Crippen LogP contribution < -0.4 is 0 Å². The zero-order chi connectivity index (χ0) is 16.8. The third-order valence-corrected chi connectivity index (χ3v) is 5.54. The van der Waals surface area contributed by atoms with Gasteiger partial charge in [-0.3, -0.25) is 8.80 Å². The van der Waals surface area contributed by atoms with Crippen molar-refractivity contribution in [1.82, 2.24) is 18.8 Å². The predicted octanol–water partition coefficient (Wildman–Crippen LogP) is 5.03. The standard InChI is InChI=1S/C22H12N4/c1-5-13-15-7-3-11-23-21(15)26-18-10-2-6-14-16-8-4-12-24-22(16)25(20(14)18)17(9-1)19(13)26/h1-12H. The van der Waals surface area contributed by atoms with Gasteiger partial charge in [0.2, 0.25) is 0 Å². The number of hydrogen-bond acceptors (Lipinski definition) is 2. The summed E-state index contributed by atoms with van der Waals surface area (Å²) in [5, 5.41) is 4.82. The molecule has 0 bridgehead atoms. The summed E-state index contributed by atoms with van der Waals surface area (Å²) in [5.74, 6) is 0. The van der Waals surface area contributed by atoms with E-state index in [2.05, 4.69) is 57.3 Å². The second-order valence-electron chi connectivity index (χ2n) is 6.77. The summed E-state index contributed by atoms with van der Waals surface area (Å²) in [6.07, 6.45) is 3.74. The molecule has 0 aliphatic carbocycles. The zero-order valence-electron chi connectivity index (χ0n) is 13.7. The van der Waals surface area contributed by atoms with Crippen LogP contribution in [0.2, 0.25) is 0 Å². The lowest BCUT2D eigenvalue weighted by molar-refractivity contribution is 1.19. The highest BCUT2D eigenvalue weighted by molar-refractivity contribution is 6.20. The molecule has 0 N–H and O–H groups in total. The van der Waals surface area contributed by atoms with E-state index in [0.717, 1.165) is 22.3 Å². The van der Waals surface area contributed by atoms with Gasteiger partial charge >= 0.3 is 0 Å². The summed E-state index contributed by atoms with van der Waals surface area (Å²) < 4.78 is 4.61. The van der Waals surface area contributed by atoms with Crippen LogP contribution in [0.25, 0.3) is 54.9 Å². The average Bonchev–Trinajstić information content (AvgIpc) is 3.22. The van der Waals surface area contributed by atoms with Crippen LogP contribution in [-0.4, -0.2) is 18.8 Å². The fraction of sp³-hybridized carbons (Fsp3) is 0. The number of nitrogens with zero attached hydrogens (tertiary/aromatic N) is 4. The van der Waals surface area contributed by atoms with Crippen LogP contribution in [0.15, 0.2) is 73.1 Å². The van der Waals surface area contributed by atoms with Gasteiger partial charge < -0.3 is 0 Å². The van der Waals surface area contributed by atoms with Crippen LogP contribution >= 0.6 is 0 Å². The molecule has 0 radical (unpaired) electrons. The monoisotopic (exact) mass is 332 g/mol. The molecule has 0 unspecified atom stereocenters. The van der Waals surface area contributed by atoms with Crippen molar-refractivity contribution in [2.75, 3.05) is 0 Å². The first-order valence-electron chi connectivity index (χ1n) is 8.70. The Bertz CT molecular complexity index is 1510. The lowest BCUT2D eigenvalue weighted by atomic mass is 10.1. The molecule has 0 spiro atoms. The number of fused-ring (bicyclic) bond motifs is 8. The summed E-state index contributed by atoms with van der Waals surface area (Å²) in [7, 11) is 0. The fourth-order valence-electron chi connectivity index (χ4n) is 4.58. The van der Waals surface area contributed by atoms with E-state index < -0.39 is 0 Å². The van der Waals surface area contributed by atoms with Gasteiger partial charge in [0.25, 0.3) is 0 Å². The molecule has 5 heterocycles. The van der Waals surface area contributed by atoms with Gasteiger partial charge in [0.05, 0.1) is 22.1 Å². The van der Waals surface area contributed by atoms with E-state index in [0.29, 0.717) is 0 Å². The SMILES string of the molecule is c1cnc2c(c1)c1cccc3c1n2c1cccc2c4cccnc4n3c21. The van der Waals surface area contributed by atoms with E-state index in [1.54, 1.807) is 0 Å². The average molecular weight is 332 g/mol. The van der Waals surface area contributed by atoms with Crippen molar-refractivity contribution >= 4 is 54.9 Å². The van der Waals surface area contributed by atoms with Gasteiger partial charge in [0.1, 0.15) is 11.3 Å². The van der Waals surface area contributed by atoms with Crippen molar-refractivity contribution in [1.29, 1.82) is 0 Å². The number of aromatic nitrogens is 4. The van der Waals surface area contributed by atoms with Crippen molar-refractivity contribution in [3.05, 3.63) is 73.1 Å². The Kier molecular flexibility index (Phi) is 2.00. The van der Waals surface area contributed by atoms with E-state index in [4.69, 9.17) is 9.97 Å². The van der Waals surface area contributed by atoms with Crippen molar-refractivity contribution in [3.63, 3.8) is 0 Å². The molecule has 120 valence electrons. The molecule has 0 atom stereocenters. The van der Waals surface area contributed by atoms with Gasteiger partial charge in [0, 0.05) is 33.9 Å². The zero-order valence-corrected chi connectivity index (χ0v) is 13.7. The number of rotatable bonds is 0. The molecule has 4 nitrogen and oxygen atoms in total. The van der Waals surface area contributed by atoms with Gasteiger partial charge in [-0.2, -0.15) is 0 Å². The molecule has 5 aromatic heterocycles. The van der Waals surface area contributed by atoms with Crippen LogP contribution in [0.3, 0.4) is 0 Å². The summed E-state index contributed by atoms with van der Waals surface area (Å²) in [4.78, 5) is 9.43. The maximum atomic E-state index is 4.72. The second-order valence-corrected chi connectivity index (χ2v) is 6.77. The quantitative estimate of drug-likeness (QED) is 0.365. The van der Waals surface area contributed by atoms with Crippen LogP contribution in [0, 0.1) is 0 Å². The minimum Gasteiger partial charge on any atom is -0.290 e. The summed E-state index contributed by atoms with van der Waals surface area (Å²) in [6, 6.07) is 21.3. The fourth-order valence-corrected chi connectivity index (χ4v) is 4.58. The molecule has 0 fully saturated rings. The highest BCUT2D eigenvalue weighted by Gasteiger charge is 2.20. The molecule has 0 aliphatic rings. The summed E-state index contributed by atoms with van der Waals surface area (Å²) in [6.45, 7) is 0. The van der Waals surface area contributed by atoms with Gasteiger partial charge in [-0.1, -0.05) is 24.3 Å². The number of para-hydroxylation sites is 2. The number of hydrogen-bond donors (Lipinski definition) is 0. The maximum absolute atomic E-state index is 4.72. The molecular formula is C22H12N4. The van der Waals surface area contributed by atoms with Gasteiger partial charge in [-0.25, -0.2) is 9.97 Å². The first-order chi connectivity index (χ1) is 12.9. The number of benzene rings is 2. The molecule has 7 aromatic rings. The Balaban J connectivity index is 2.02. The van der Waals surface area contributed by atoms with Crippen molar-refractivity contribution in [3.8, 4) is 0 Å². The lowest BCUT2D eigenvalue weighted by Crippen LogP contribution is -1.97. The van der Waals surface area contributed by atoms with Crippen LogP contribution in [0.1, 0.15) is 0 Å². The predicted molar refractivity (Wildman–Crippen MR) is 105 cm³/mol. The molecule has 7 rings (SSSR count). The largest absolute Gasteiger partial charge is 0.290 e. The minimum absolute atomic E-state index is 1.01. The Hall–Kier alpha value is -3.66. The Labute approximate surface area is 147 Å². The highest BCUT2D eigenvalue weighted by Crippen LogP contribution is 2.39. The summed E-state index contributed by atoms with van der Waals surface area (Å²) >= 11 is 0. The van der Waals surface area contributed by atoms with E-state index in [1.807, 2.05) is 24.5 Å². The van der Waals surface area contributed by atoms with E-state index in [9.17, 15) is 0 Å². The third-order valence-electron chi connectivity index (χ3n) is 5.54. The molecular weight excluding hydrogens is 320 g/mol. The van der Waals surface area contributed by atoms with Crippen LogP contribution in [-0.2, 0) is 0 Å². The van der Waals surface area contributed by atoms with Gasteiger partial charge in [-0.05, 0) is 36.4 Å².